The summed E-state index contributed by atoms with van der Waals surface area (Å²) >= 11 is 5.77. The van der Waals surface area contributed by atoms with E-state index in [1.807, 2.05) is 0 Å². The van der Waals surface area contributed by atoms with Crippen molar-refractivity contribution in [3.63, 3.8) is 0 Å². The first-order valence-electron chi connectivity index (χ1n) is 7.54. The number of amides is 1. The molecule has 2 rings (SSSR count). The van der Waals surface area contributed by atoms with Crippen LogP contribution in [0.25, 0.3) is 0 Å². The highest BCUT2D eigenvalue weighted by molar-refractivity contribution is 6.30. The summed E-state index contributed by atoms with van der Waals surface area (Å²) in [5, 5.41) is 13.0. The van der Waals surface area contributed by atoms with Crippen LogP contribution >= 0.6 is 11.6 Å². The van der Waals surface area contributed by atoms with Gasteiger partial charge in [0.2, 0.25) is 5.91 Å². The van der Waals surface area contributed by atoms with Crippen LogP contribution in [0.1, 0.15) is 19.3 Å². The van der Waals surface area contributed by atoms with Gasteiger partial charge in [-0.15, -0.1) is 0 Å². The van der Waals surface area contributed by atoms with Crippen LogP contribution in [0.5, 0.6) is 5.75 Å². The van der Waals surface area contributed by atoms with Gasteiger partial charge in [-0.05, 0) is 43.0 Å². The zero-order valence-corrected chi connectivity index (χ0v) is 13.2. The molecule has 1 atom stereocenters. The molecule has 2 N–H and O–H groups in total. The zero-order valence-electron chi connectivity index (χ0n) is 12.5. The van der Waals surface area contributed by atoms with Crippen LogP contribution in [0, 0.1) is 5.92 Å². The number of hydrogen-bond acceptors (Lipinski definition) is 4. The van der Waals surface area contributed by atoms with Crippen molar-refractivity contribution in [1.29, 1.82) is 0 Å². The number of carbonyl (C=O) groups excluding carboxylic acids is 1. The van der Waals surface area contributed by atoms with E-state index in [-0.39, 0.29) is 32.1 Å². The van der Waals surface area contributed by atoms with E-state index in [0.717, 1.165) is 0 Å². The number of hydrogen-bond donors (Lipinski definition) is 2. The molecule has 0 radical (unpaired) electrons. The molecule has 6 heteroatoms. The summed E-state index contributed by atoms with van der Waals surface area (Å²) in [7, 11) is 0. The second kappa shape index (κ2) is 8.98. The second-order valence-corrected chi connectivity index (χ2v) is 5.93. The fraction of sp³-hybridized carbons (Fsp3) is 0.562. The van der Waals surface area contributed by atoms with Crippen LogP contribution < -0.4 is 10.1 Å². The fourth-order valence-electron chi connectivity index (χ4n) is 1.83. The van der Waals surface area contributed by atoms with Crippen molar-refractivity contribution in [1.82, 2.24) is 5.32 Å². The van der Waals surface area contributed by atoms with E-state index < -0.39 is 6.10 Å². The smallest absolute Gasteiger partial charge is 0.223 e. The first kappa shape index (κ1) is 17.1. The molecule has 1 fully saturated rings. The molecular formula is C16H22ClNO4. The third-order valence-corrected chi connectivity index (χ3v) is 3.56. The van der Waals surface area contributed by atoms with Gasteiger partial charge >= 0.3 is 0 Å². The lowest BCUT2D eigenvalue weighted by atomic mass is 10.3. The Hall–Kier alpha value is -1.30. The van der Waals surface area contributed by atoms with E-state index in [4.69, 9.17) is 21.1 Å². The molecule has 22 heavy (non-hydrogen) atoms. The summed E-state index contributed by atoms with van der Waals surface area (Å²) in [5.74, 6) is 1.19. The van der Waals surface area contributed by atoms with Gasteiger partial charge in [-0.2, -0.15) is 0 Å². The summed E-state index contributed by atoms with van der Waals surface area (Å²) in [5.41, 5.74) is 0. The molecule has 5 nitrogen and oxygen atoms in total. The molecule has 1 saturated carbocycles. The normalized spacial score (nSPS) is 15.4. The number of aliphatic hydroxyl groups is 1. The Morgan fingerprint density at radius 3 is 2.77 bits per heavy atom. The van der Waals surface area contributed by atoms with Crippen molar-refractivity contribution in [3.05, 3.63) is 29.3 Å². The Morgan fingerprint density at radius 1 is 1.36 bits per heavy atom. The molecule has 1 amide bonds. The van der Waals surface area contributed by atoms with E-state index >= 15 is 0 Å². The summed E-state index contributed by atoms with van der Waals surface area (Å²) < 4.78 is 10.8. The Morgan fingerprint density at radius 2 is 2.09 bits per heavy atom. The van der Waals surface area contributed by atoms with Crippen LogP contribution in [0.2, 0.25) is 5.02 Å². The number of halogens is 1. The van der Waals surface area contributed by atoms with E-state index in [0.29, 0.717) is 23.3 Å². The number of rotatable bonds is 10. The predicted molar refractivity (Wildman–Crippen MR) is 84.1 cm³/mol. The molecule has 0 aromatic heterocycles. The van der Waals surface area contributed by atoms with Crippen molar-refractivity contribution >= 4 is 17.5 Å². The van der Waals surface area contributed by atoms with Gasteiger partial charge in [0.15, 0.2) is 0 Å². The zero-order chi connectivity index (χ0) is 15.8. The molecule has 0 spiro atoms. The van der Waals surface area contributed by atoms with E-state index in [1.54, 1.807) is 24.3 Å². The van der Waals surface area contributed by atoms with Crippen LogP contribution in [0.15, 0.2) is 24.3 Å². The number of carbonyl (C=O) groups is 1. The molecule has 0 heterocycles. The maximum atomic E-state index is 11.6. The third-order valence-electron chi connectivity index (χ3n) is 3.31. The molecule has 0 saturated heterocycles. The number of aliphatic hydroxyl groups excluding tert-OH is 1. The minimum atomic E-state index is -0.667. The first-order valence-corrected chi connectivity index (χ1v) is 7.92. The van der Waals surface area contributed by atoms with Gasteiger partial charge in [-0.25, -0.2) is 0 Å². The lowest BCUT2D eigenvalue weighted by Gasteiger charge is -2.12. The second-order valence-electron chi connectivity index (χ2n) is 5.49. The Balaban J connectivity index is 1.50. The van der Waals surface area contributed by atoms with Gasteiger partial charge in [0.25, 0.3) is 0 Å². The lowest BCUT2D eigenvalue weighted by Crippen LogP contribution is -2.35. The molecule has 1 aromatic carbocycles. The molecule has 1 aliphatic rings. The molecule has 1 aromatic rings. The Bertz CT molecular complexity index is 462. The molecule has 0 unspecified atom stereocenters. The molecule has 0 aliphatic heterocycles. The average Bonchev–Trinajstić information content (AvgIpc) is 3.31. The van der Waals surface area contributed by atoms with Crippen LogP contribution in [0.3, 0.4) is 0 Å². The Kier molecular flexibility index (Phi) is 6.96. The highest BCUT2D eigenvalue weighted by Crippen LogP contribution is 2.28. The number of ether oxygens (including phenoxy) is 2. The fourth-order valence-corrected chi connectivity index (χ4v) is 1.95. The van der Waals surface area contributed by atoms with Gasteiger partial charge in [0, 0.05) is 18.2 Å². The molecule has 122 valence electrons. The highest BCUT2D eigenvalue weighted by atomic mass is 35.5. The van der Waals surface area contributed by atoms with Crippen LogP contribution in [-0.4, -0.2) is 43.5 Å². The van der Waals surface area contributed by atoms with E-state index in [2.05, 4.69) is 5.32 Å². The number of nitrogens with one attached hydrogen (secondary N) is 1. The van der Waals surface area contributed by atoms with Gasteiger partial charge in [0.05, 0.1) is 25.7 Å². The third kappa shape index (κ3) is 7.11. The maximum absolute atomic E-state index is 11.6. The SMILES string of the molecule is O=C(CCOc1ccc(Cl)cc1)NC[C@@H](O)COCC1CC1. The minimum Gasteiger partial charge on any atom is -0.493 e. The Labute approximate surface area is 135 Å². The minimum absolute atomic E-state index is 0.157. The van der Waals surface area contributed by atoms with E-state index in [1.165, 1.54) is 12.8 Å². The van der Waals surface area contributed by atoms with Crippen LogP contribution in [0.4, 0.5) is 0 Å². The maximum Gasteiger partial charge on any atom is 0.223 e. The van der Waals surface area contributed by atoms with Gasteiger partial charge in [0.1, 0.15) is 5.75 Å². The lowest BCUT2D eigenvalue weighted by molar-refractivity contribution is -0.122. The molecule has 0 bridgehead atoms. The summed E-state index contributed by atoms with van der Waals surface area (Å²) in [6.07, 6.45) is 2.01. The predicted octanol–water partition coefficient (Wildman–Crippen LogP) is 2.01. The largest absolute Gasteiger partial charge is 0.493 e. The molecular weight excluding hydrogens is 306 g/mol. The standard InChI is InChI=1S/C16H22ClNO4/c17-13-3-5-15(6-4-13)22-8-7-16(20)18-9-14(19)11-21-10-12-1-2-12/h3-6,12,14,19H,1-2,7-11H2,(H,18,20)/t14-/m1/s1. The van der Waals surface area contributed by atoms with E-state index in [9.17, 15) is 9.90 Å². The quantitative estimate of drug-likeness (QED) is 0.690. The monoisotopic (exact) mass is 327 g/mol. The highest BCUT2D eigenvalue weighted by Gasteiger charge is 2.21. The summed E-state index contributed by atoms with van der Waals surface area (Å²) in [4.78, 5) is 11.6. The number of benzene rings is 1. The average molecular weight is 328 g/mol. The van der Waals surface area contributed by atoms with Crippen molar-refractivity contribution in [3.8, 4) is 5.75 Å². The van der Waals surface area contributed by atoms with Crippen LogP contribution in [-0.2, 0) is 9.53 Å². The first-order chi connectivity index (χ1) is 10.6. The summed E-state index contributed by atoms with van der Waals surface area (Å²) in [6, 6.07) is 6.96. The van der Waals surface area contributed by atoms with Gasteiger partial charge in [-0.1, -0.05) is 11.6 Å². The molecule has 1 aliphatic carbocycles. The van der Waals surface area contributed by atoms with Gasteiger partial charge in [-0.3, -0.25) is 4.79 Å². The van der Waals surface area contributed by atoms with Crippen molar-refractivity contribution in [2.45, 2.75) is 25.4 Å². The summed E-state index contributed by atoms with van der Waals surface area (Å²) in [6.45, 7) is 1.45. The topological polar surface area (TPSA) is 67.8 Å². The van der Waals surface area contributed by atoms with Crippen molar-refractivity contribution < 1.29 is 19.4 Å². The van der Waals surface area contributed by atoms with Crippen molar-refractivity contribution in [2.75, 3.05) is 26.4 Å². The van der Waals surface area contributed by atoms with Gasteiger partial charge < -0.3 is 19.9 Å². The van der Waals surface area contributed by atoms with Crippen molar-refractivity contribution in [2.24, 2.45) is 5.92 Å².